The first-order valence-electron chi connectivity index (χ1n) is 8.30. The lowest BCUT2D eigenvalue weighted by molar-refractivity contribution is 0.361. The van der Waals surface area contributed by atoms with Crippen molar-refractivity contribution in [2.45, 2.75) is 70.5 Å². The standard InChI is InChI=1S/C18H28N2/c1-4-19-15-11-17-9-10-18(12-15)20(17)16-7-5-14(6-8-16)13(2)3/h5-8,13,15,17-19H,4,9-12H2,1-3H3. The van der Waals surface area contributed by atoms with Crippen LogP contribution in [0.4, 0.5) is 5.69 Å². The van der Waals surface area contributed by atoms with E-state index in [1.807, 2.05) is 0 Å². The third kappa shape index (κ3) is 2.58. The fourth-order valence-corrected chi connectivity index (χ4v) is 4.09. The maximum absolute atomic E-state index is 3.65. The summed E-state index contributed by atoms with van der Waals surface area (Å²) >= 11 is 0. The van der Waals surface area contributed by atoms with Gasteiger partial charge in [0.2, 0.25) is 0 Å². The van der Waals surface area contributed by atoms with Gasteiger partial charge in [-0.3, -0.25) is 0 Å². The van der Waals surface area contributed by atoms with Crippen LogP contribution in [0, 0.1) is 0 Å². The van der Waals surface area contributed by atoms with Crippen molar-refractivity contribution < 1.29 is 0 Å². The molecule has 1 aromatic rings. The fraction of sp³-hybridized carbons (Fsp3) is 0.667. The predicted molar refractivity (Wildman–Crippen MR) is 86.5 cm³/mol. The summed E-state index contributed by atoms with van der Waals surface area (Å²) in [5.74, 6) is 0.625. The molecule has 0 amide bonds. The third-order valence-corrected chi connectivity index (χ3v) is 5.08. The van der Waals surface area contributed by atoms with Crippen LogP contribution in [0.15, 0.2) is 24.3 Å². The summed E-state index contributed by atoms with van der Waals surface area (Å²) in [4.78, 5) is 2.71. The van der Waals surface area contributed by atoms with Gasteiger partial charge in [-0.15, -0.1) is 0 Å². The molecule has 2 aliphatic rings. The monoisotopic (exact) mass is 272 g/mol. The number of anilines is 1. The van der Waals surface area contributed by atoms with Crippen LogP contribution in [0.3, 0.4) is 0 Å². The molecular formula is C18H28N2. The molecule has 2 aliphatic heterocycles. The molecule has 1 N–H and O–H groups in total. The van der Waals surface area contributed by atoms with E-state index < -0.39 is 0 Å². The van der Waals surface area contributed by atoms with E-state index in [1.165, 1.54) is 36.9 Å². The molecule has 0 aliphatic carbocycles. The highest BCUT2D eigenvalue weighted by atomic mass is 15.2. The minimum absolute atomic E-state index is 0.625. The average Bonchev–Trinajstić information content (AvgIpc) is 2.71. The van der Waals surface area contributed by atoms with Crippen LogP contribution in [0.5, 0.6) is 0 Å². The summed E-state index contributed by atoms with van der Waals surface area (Å²) in [6.45, 7) is 7.85. The quantitative estimate of drug-likeness (QED) is 0.893. The molecule has 2 heteroatoms. The summed E-state index contributed by atoms with van der Waals surface area (Å²) in [6.07, 6.45) is 5.38. The molecule has 0 spiro atoms. The van der Waals surface area contributed by atoms with Gasteiger partial charge in [0.25, 0.3) is 0 Å². The van der Waals surface area contributed by atoms with E-state index in [0.717, 1.165) is 24.7 Å². The van der Waals surface area contributed by atoms with Crippen LogP contribution in [-0.2, 0) is 0 Å². The SMILES string of the molecule is CCNC1CC2CCC(C1)N2c1ccc(C(C)C)cc1. The van der Waals surface area contributed by atoms with E-state index >= 15 is 0 Å². The Morgan fingerprint density at radius 1 is 1.10 bits per heavy atom. The maximum atomic E-state index is 3.65. The molecule has 2 atom stereocenters. The number of nitrogens with zero attached hydrogens (tertiary/aromatic N) is 1. The van der Waals surface area contributed by atoms with E-state index in [-0.39, 0.29) is 0 Å². The Labute approximate surface area is 123 Å². The average molecular weight is 272 g/mol. The van der Waals surface area contributed by atoms with E-state index in [9.17, 15) is 0 Å². The lowest BCUT2D eigenvalue weighted by atomic mass is 9.95. The molecular weight excluding hydrogens is 244 g/mol. The maximum Gasteiger partial charge on any atom is 0.0371 e. The molecule has 2 heterocycles. The van der Waals surface area contributed by atoms with E-state index in [1.54, 1.807) is 0 Å². The highest BCUT2D eigenvalue weighted by Crippen LogP contribution is 2.39. The zero-order valence-electron chi connectivity index (χ0n) is 13.1. The Balaban J connectivity index is 1.75. The highest BCUT2D eigenvalue weighted by Gasteiger charge is 2.40. The van der Waals surface area contributed by atoms with Gasteiger partial charge in [0.1, 0.15) is 0 Å². The third-order valence-electron chi connectivity index (χ3n) is 5.08. The molecule has 0 radical (unpaired) electrons. The molecule has 20 heavy (non-hydrogen) atoms. The van der Waals surface area contributed by atoms with Crippen molar-refractivity contribution in [2.75, 3.05) is 11.4 Å². The van der Waals surface area contributed by atoms with E-state index in [2.05, 4.69) is 55.3 Å². The first kappa shape index (κ1) is 13.9. The number of hydrogen-bond acceptors (Lipinski definition) is 2. The number of hydrogen-bond donors (Lipinski definition) is 1. The summed E-state index contributed by atoms with van der Waals surface area (Å²) in [5, 5.41) is 3.65. The van der Waals surface area contributed by atoms with Gasteiger partial charge in [0.05, 0.1) is 0 Å². The lowest BCUT2D eigenvalue weighted by Gasteiger charge is -2.41. The van der Waals surface area contributed by atoms with E-state index in [4.69, 9.17) is 0 Å². The molecule has 0 saturated carbocycles. The van der Waals surface area contributed by atoms with Crippen LogP contribution >= 0.6 is 0 Å². The van der Waals surface area contributed by atoms with Crippen LogP contribution in [0.2, 0.25) is 0 Å². The van der Waals surface area contributed by atoms with Crippen molar-refractivity contribution in [3.63, 3.8) is 0 Å². The topological polar surface area (TPSA) is 15.3 Å². The Kier molecular flexibility index (Phi) is 4.02. The molecule has 2 fully saturated rings. The van der Waals surface area contributed by atoms with Crippen LogP contribution in [-0.4, -0.2) is 24.7 Å². The van der Waals surface area contributed by atoms with Gasteiger partial charge in [-0.25, -0.2) is 0 Å². The van der Waals surface area contributed by atoms with Crippen molar-refractivity contribution in [1.82, 2.24) is 5.32 Å². The number of rotatable bonds is 4. The van der Waals surface area contributed by atoms with Crippen LogP contribution < -0.4 is 10.2 Å². The Hall–Kier alpha value is -1.02. The van der Waals surface area contributed by atoms with Crippen molar-refractivity contribution in [1.29, 1.82) is 0 Å². The Morgan fingerprint density at radius 2 is 1.70 bits per heavy atom. The molecule has 3 rings (SSSR count). The minimum atomic E-state index is 0.625. The van der Waals surface area contributed by atoms with Gasteiger partial charge >= 0.3 is 0 Å². The molecule has 2 unspecified atom stereocenters. The largest absolute Gasteiger partial charge is 0.365 e. The second-order valence-corrected chi connectivity index (χ2v) is 6.76. The van der Waals surface area contributed by atoms with Gasteiger partial charge in [-0.2, -0.15) is 0 Å². The fourth-order valence-electron chi connectivity index (χ4n) is 4.09. The van der Waals surface area contributed by atoms with Gasteiger partial charge in [-0.05, 0) is 55.8 Å². The number of fused-ring (bicyclic) bond motifs is 2. The zero-order valence-corrected chi connectivity index (χ0v) is 13.1. The van der Waals surface area contributed by atoms with Crippen LogP contribution in [0.1, 0.15) is 57.9 Å². The van der Waals surface area contributed by atoms with Gasteiger partial charge in [0.15, 0.2) is 0 Å². The summed E-state index contributed by atoms with van der Waals surface area (Å²) in [6, 6.07) is 11.6. The second kappa shape index (κ2) is 5.77. The molecule has 2 bridgehead atoms. The number of piperidine rings is 1. The number of nitrogens with one attached hydrogen (secondary N) is 1. The highest BCUT2D eigenvalue weighted by molar-refractivity contribution is 5.52. The second-order valence-electron chi connectivity index (χ2n) is 6.76. The molecule has 0 aromatic heterocycles. The summed E-state index contributed by atoms with van der Waals surface area (Å²) in [7, 11) is 0. The molecule has 110 valence electrons. The summed E-state index contributed by atoms with van der Waals surface area (Å²) in [5.41, 5.74) is 2.89. The Morgan fingerprint density at radius 3 is 2.20 bits per heavy atom. The van der Waals surface area contributed by atoms with Crippen molar-refractivity contribution in [3.05, 3.63) is 29.8 Å². The first-order valence-corrected chi connectivity index (χ1v) is 8.30. The van der Waals surface area contributed by atoms with Gasteiger partial charge in [0, 0.05) is 23.8 Å². The van der Waals surface area contributed by atoms with Crippen molar-refractivity contribution in [2.24, 2.45) is 0 Å². The van der Waals surface area contributed by atoms with Gasteiger partial charge in [-0.1, -0.05) is 32.9 Å². The number of benzene rings is 1. The zero-order chi connectivity index (χ0) is 14.1. The van der Waals surface area contributed by atoms with Crippen molar-refractivity contribution >= 4 is 5.69 Å². The van der Waals surface area contributed by atoms with Crippen molar-refractivity contribution in [3.8, 4) is 0 Å². The predicted octanol–water partition coefficient (Wildman–Crippen LogP) is 3.92. The van der Waals surface area contributed by atoms with E-state index in [0.29, 0.717) is 5.92 Å². The van der Waals surface area contributed by atoms with Gasteiger partial charge < -0.3 is 10.2 Å². The minimum Gasteiger partial charge on any atom is -0.365 e. The molecule has 2 nitrogen and oxygen atoms in total. The molecule has 2 saturated heterocycles. The van der Waals surface area contributed by atoms with Crippen LogP contribution in [0.25, 0.3) is 0 Å². The Bertz CT molecular complexity index is 423. The molecule has 1 aromatic carbocycles. The summed E-state index contributed by atoms with van der Waals surface area (Å²) < 4.78 is 0. The first-order chi connectivity index (χ1) is 9.69. The smallest absolute Gasteiger partial charge is 0.0371 e. The lowest BCUT2D eigenvalue weighted by Crippen LogP contribution is -2.49. The normalized spacial score (nSPS) is 29.2.